The smallest absolute Gasteiger partial charge is 0.226 e. The molecule has 3 N–H and O–H groups in total. The molecule has 0 aliphatic heterocycles. The van der Waals surface area contributed by atoms with Gasteiger partial charge >= 0.3 is 0 Å². The van der Waals surface area contributed by atoms with Crippen LogP contribution in [0.5, 0.6) is 0 Å². The summed E-state index contributed by atoms with van der Waals surface area (Å²) in [5.74, 6) is -0.377. The fourth-order valence-electron chi connectivity index (χ4n) is 1.58. The molecule has 0 saturated carbocycles. The fourth-order valence-corrected chi connectivity index (χ4v) is 1.58. The lowest BCUT2D eigenvalue weighted by molar-refractivity contribution is -0.135. The molecule has 0 rings (SSSR count). The van der Waals surface area contributed by atoms with E-state index in [1.165, 1.54) is 0 Å². The van der Waals surface area contributed by atoms with Crippen LogP contribution in [0.3, 0.4) is 0 Å². The molecule has 0 radical (unpaired) electrons. The number of nitrogens with zero attached hydrogens (tertiary/aromatic N) is 1. The minimum absolute atomic E-state index is 0.0146. The number of rotatable bonds is 6. The van der Waals surface area contributed by atoms with Gasteiger partial charge in [0.1, 0.15) is 0 Å². The summed E-state index contributed by atoms with van der Waals surface area (Å²) in [5, 5.41) is 2.56. The van der Waals surface area contributed by atoms with E-state index in [2.05, 4.69) is 5.32 Å². The Bertz CT molecular complexity index is 239. The highest BCUT2D eigenvalue weighted by molar-refractivity contribution is 5.81. The highest BCUT2D eigenvalue weighted by atomic mass is 16.2. The molecule has 0 bridgehead atoms. The first-order valence-corrected chi connectivity index (χ1v) is 5.64. The molecule has 94 valence electrons. The predicted octanol–water partition coefficient (Wildman–Crippen LogP) is -0.188. The lowest BCUT2D eigenvalue weighted by atomic mass is 10.0. The molecule has 0 aromatic rings. The number of carbonyl (C=O) groups excluding carboxylic acids is 2. The second kappa shape index (κ2) is 7.22. The molecule has 0 fully saturated rings. The van der Waals surface area contributed by atoms with Gasteiger partial charge < -0.3 is 16.0 Å². The van der Waals surface area contributed by atoms with Gasteiger partial charge in [0.2, 0.25) is 11.8 Å². The van der Waals surface area contributed by atoms with Gasteiger partial charge in [-0.1, -0.05) is 13.8 Å². The maximum absolute atomic E-state index is 11.9. The van der Waals surface area contributed by atoms with E-state index in [1.807, 2.05) is 6.92 Å². The summed E-state index contributed by atoms with van der Waals surface area (Å²) in [6.07, 6.45) is 0.730. The largest absolute Gasteiger partial charge is 0.359 e. The van der Waals surface area contributed by atoms with Crippen LogP contribution in [0.4, 0.5) is 0 Å². The number of hydrogen-bond donors (Lipinski definition) is 2. The van der Waals surface area contributed by atoms with Crippen LogP contribution in [0.25, 0.3) is 0 Å². The van der Waals surface area contributed by atoms with E-state index in [1.54, 1.807) is 25.9 Å². The van der Waals surface area contributed by atoms with Gasteiger partial charge in [0.05, 0.1) is 11.8 Å². The van der Waals surface area contributed by atoms with Crippen LogP contribution in [0, 0.1) is 11.8 Å². The van der Waals surface area contributed by atoms with Crippen molar-refractivity contribution < 1.29 is 9.59 Å². The number of amides is 2. The van der Waals surface area contributed by atoms with Gasteiger partial charge in [-0.25, -0.2) is 0 Å². The summed E-state index contributed by atoms with van der Waals surface area (Å²) in [5.41, 5.74) is 5.51. The highest BCUT2D eigenvalue weighted by Gasteiger charge is 2.22. The Balaban J connectivity index is 4.29. The van der Waals surface area contributed by atoms with Gasteiger partial charge in [0.15, 0.2) is 0 Å². The van der Waals surface area contributed by atoms with Crippen molar-refractivity contribution in [3.05, 3.63) is 0 Å². The molecule has 0 aliphatic rings. The van der Waals surface area contributed by atoms with Crippen LogP contribution in [0.15, 0.2) is 0 Å². The van der Waals surface area contributed by atoms with Crippen molar-refractivity contribution >= 4 is 11.8 Å². The average molecular weight is 229 g/mol. The topological polar surface area (TPSA) is 75.4 Å². The number of nitrogens with one attached hydrogen (secondary N) is 1. The molecule has 2 unspecified atom stereocenters. The Morgan fingerprint density at radius 1 is 1.44 bits per heavy atom. The quantitative estimate of drug-likeness (QED) is 0.663. The van der Waals surface area contributed by atoms with Crippen LogP contribution in [-0.4, -0.2) is 43.9 Å². The van der Waals surface area contributed by atoms with Crippen molar-refractivity contribution in [1.82, 2.24) is 10.2 Å². The van der Waals surface area contributed by atoms with Crippen LogP contribution >= 0.6 is 0 Å². The van der Waals surface area contributed by atoms with Gasteiger partial charge in [-0.2, -0.15) is 0 Å². The third-order valence-corrected chi connectivity index (χ3v) is 2.74. The lowest BCUT2D eigenvalue weighted by Gasteiger charge is -2.24. The number of hydrogen-bond acceptors (Lipinski definition) is 3. The summed E-state index contributed by atoms with van der Waals surface area (Å²) < 4.78 is 0. The van der Waals surface area contributed by atoms with Crippen molar-refractivity contribution in [1.29, 1.82) is 0 Å². The van der Waals surface area contributed by atoms with Crippen LogP contribution in [0.1, 0.15) is 20.3 Å². The van der Waals surface area contributed by atoms with E-state index in [-0.39, 0.29) is 23.7 Å². The van der Waals surface area contributed by atoms with Crippen LogP contribution in [-0.2, 0) is 9.59 Å². The SMILES string of the molecule is CCC(CN)C(=O)N(C)CC(C)C(=O)NC. The molecule has 5 nitrogen and oxygen atoms in total. The molecule has 0 spiro atoms. The zero-order valence-electron chi connectivity index (χ0n) is 10.6. The predicted molar refractivity (Wildman–Crippen MR) is 63.7 cm³/mol. The van der Waals surface area contributed by atoms with Gasteiger partial charge in [0.25, 0.3) is 0 Å². The average Bonchev–Trinajstić information content (AvgIpc) is 2.29. The molecule has 0 aliphatic carbocycles. The third kappa shape index (κ3) is 4.18. The van der Waals surface area contributed by atoms with E-state index >= 15 is 0 Å². The first kappa shape index (κ1) is 14.9. The van der Waals surface area contributed by atoms with Gasteiger partial charge in [-0.05, 0) is 6.42 Å². The van der Waals surface area contributed by atoms with Crippen molar-refractivity contribution in [3.63, 3.8) is 0 Å². The molecule has 0 saturated heterocycles. The first-order valence-electron chi connectivity index (χ1n) is 5.64. The second-order valence-electron chi connectivity index (χ2n) is 4.07. The summed E-state index contributed by atoms with van der Waals surface area (Å²) in [6.45, 7) is 4.51. The lowest BCUT2D eigenvalue weighted by Crippen LogP contribution is -2.41. The van der Waals surface area contributed by atoms with Crippen LogP contribution in [0.2, 0.25) is 0 Å². The summed E-state index contributed by atoms with van der Waals surface area (Å²) >= 11 is 0. The normalized spacial score (nSPS) is 14.1. The Labute approximate surface area is 97.4 Å². The molecule has 2 atom stereocenters. The molecule has 2 amide bonds. The Morgan fingerprint density at radius 3 is 2.38 bits per heavy atom. The van der Waals surface area contributed by atoms with Crippen molar-refractivity contribution in [2.45, 2.75) is 20.3 Å². The molecule has 5 heteroatoms. The van der Waals surface area contributed by atoms with E-state index in [0.29, 0.717) is 13.1 Å². The standard InChI is InChI=1S/C11H23N3O2/c1-5-9(6-12)11(16)14(4)7-8(2)10(15)13-3/h8-9H,5-7,12H2,1-4H3,(H,13,15). The van der Waals surface area contributed by atoms with Gasteiger partial charge in [-0.15, -0.1) is 0 Å². The Hall–Kier alpha value is -1.10. The molecule has 16 heavy (non-hydrogen) atoms. The zero-order chi connectivity index (χ0) is 12.7. The Kier molecular flexibility index (Phi) is 6.72. The highest BCUT2D eigenvalue weighted by Crippen LogP contribution is 2.07. The molecule has 0 heterocycles. The number of nitrogens with two attached hydrogens (primary N) is 1. The minimum Gasteiger partial charge on any atom is -0.359 e. The zero-order valence-corrected chi connectivity index (χ0v) is 10.6. The van der Waals surface area contributed by atoms with Gasteiger partial charge in [-0.3, -0.25) is 9.59 Å². The maximum atomic E-state index is 11.9. The number of carbonyl (C=O) groups is 2. The van der Waals surface area contributed by atoms with Gasteiger partial charge in [0, 0.05) is 27.2 Å². The Morgan fingerprint density at radius 2 is 2.00 bits per heavy atom. The molecular weight excluding hydrogens is 206 g/mol. The fraction of sp³-hybridized carbons (Fsp3) is 0.818. The third-order valence-electron chi connectivity index (χ3n) is 2.74. The maximum Gasteiger partial charge on any atom is 0.226 e. The molecule has 0 aromatic carbocycles. The minimum atomic E-state index is -0.200. The van der Waals surface area contributed by atoms with E-state index in [0.717, 1.165) is 6.42 Å². The van der Waals surface area contributed by atoms with E-state index in [4.69, 9.17) is 5.73 Å². The van der Waals surface area contributed by atoms with Crippen LogP contribution < -0.4 is 11.1 Å². The first-order chi connectivity index (χ1) is 7.47. The van der Waals surface area contributed by atoms with Crippen molar-refractivity contribution in [2.75, 3.05) is 27.2 Å². The summed E-state index contributed by atoms with van der Waals surface area (Å²) in [4.78, 5) is 24.8. The summed E-state index contributed by atoms with van der Waals surface area (Å²) in [7, 11) is 3.30. The van der Waals surface area contributed by atoms with Crippen molar-refractivity contribution in [2.24, 2.45) is 17.6 Å². The summed E-state index contributed by atoms with van der Waals surface area (Å²) in [6, 6.07) is 0. The monoisotopic (exact) mass is 229 g/mol. The van der Waals surface area contributed by atoms with E-state index in [9.17, 15) is 9.59 Å². The van der Waals surface area contributed by atoms with Crippen molar-refractivity contribution in [3.8, 4) is 0 Å². The second-order valence-corrected chi connectivity index (χ2v) is 4.07. The molecular formula is C11H23N3O2. The molecule has 0 aromatic heterocycles. The van der Waals surface area contributed by atoms with E-state index < -0.39 is 0 Å².